The van der Waals surface area contributed by atoms with Crippen molar-refractivity contribution in [2.75, 3.05) is 13.1 Å². The van der Waals surface area contributed by atoms with E-state index in [-0.39, 0.29) is 0 Å². The van der Waals surface area contributed by atoms with E-state index >= 15 is 0 Å². The molecule has 2 heteroatoms. The molecule has 3 atom stereocenters. The van der Waals surface area contributed by atoms with Gasteiger partial charge < -0.3 is 0 Å². The van der Waals surface area contributed by atoms with Crippen molar-refractivity contribution in [3.8, 4) is 0 Å². The zero-order valence-corrected chi connectivity index (χ0v) is 9.61. The molecule has 0 aromatic rings. The van der Waals surface area contributed by atoms with Gasteiger partial charge in [0.1, 0.15) is 5.78 Å². The van der Waals surface area contributed by atoms with Crippen LogP contribution in [0.4, 0.5) is 0 Å². The van der Waals surface area contributed by atoms with Crippen LogP contribution in [0.2, 0.25) is 0 Å². The second-order valence-corrected chi connectivity index (χ2v) is 5.72. The lowest BCUT2D eigenvalue weighted by Crippen LogP contribution is -2.41. The standard InChI is InChI=1S/C13H21NO/c1-9-8-14(7-6-12(9)15)13-10-4-2-3-5-11(10)13/h9-11,13H,2-8H2,1H3. The maximum Gasteiger partial charge on any atom is 0.138 e. The molecule has 0 bridgehead atoms. The van der Waals surface area contributed by atoms with E-state index in [0.29, 0.717) is 11.7 Å². The Morgan fingerprint density at radius 3 is 2.47 bits per heavy atom. The summed E-state index contributed by atoms with van der Waals surface area (Å²) in [6.45, 7) is 4.18. The largest absolute Gasteiger partial charge is 0.299 e. The molecule has 84 valence electrons. The highest BCUT2D eigenvalue weighted by Gasteiger charge is 2.54. The zero-order chi connectivity index (χ0) is 10.4. The van der Waals surface area contributed by atoms with Gasteiger partial charge in [-0.2, -0.15) is 0 Å². The summed E-state index contributed by atoms with van der Waals surface area (Å²) in [5, 5.41) is 0. The van der Waals surface area contributed by atoms with Crippen molar-refractivity contribution in [2.45, 2.75) is 45.1 Å². The molecule has 0 amide bonds. The SMILES string of the molecule is CC1CN(C2C3CCCCC32)CCC1=O. The normalized spacial score (nSPS) is 46.3. The van der Waals surface area contributed by atoms with Gasteiger partial charge in [0, 0.05) is 31.5 Å². The third-order valence-electron chi connectivity index (χ3n) is 4.74. The fourth-order valence-corrected chi connectivity index (χ4v) is 3.81. The summed E-state index contributed by atoms with van der Waals surface area (Å²) in [4.78, 5) is 14.1. The van der Waals surface area contributed by atoms with Gasteiger partial charge in [-0.3, -0.25) is 9.69 Å². The Labute approximate surface area is 92.0 Å². The van der Waals surface area contributed by atoms with Crippen molar-refractivity contribution in [2.24, 2.45) is 17.8 Å². The summed E-state index contributed by atoms with van der Waals surface area (Å²) in [5.74, 6) is 2.77. The van der Waals surface area contributed by atoms with E-state index in [2.05, 4.69) is 11.8 Å². The molecule has 2 saturated carbocycles. The Morgan fingerprint density at radius 1 is 1.20 bits per heavy atom. The summed E-state index contributed by atoms with van der Waals surface area (Å²) >= 11 is 0. The average molecular weight is 207 g/mol. The molecule has 3 aliphatic rings. The van der Waals surface area contributed by atoms with E-state index < -0.39 is 0 Å². The molecule has 0 aromatic carbocycles. The molecule has 3 fully saturated rings. The number of hydrogen-bond donors (Lipinski definition) is 0. The number of piperidine rings is 1. The summed E-state index contributed by atoms with van der Waals surface area (Å²) in [6, 6.07) is 0.864. The number of fused-ring (bicyclic) bond motifs is 1. The Morgan fingerprint density at radius 2 is 1.87 bits per heavy atom. The number of ketones is 1. The number of Topliss-reactive ketones (excluding diaryl/α,β-unsaturated/α-hetero) is 1. The van der Waals surface area contributed by atoms with E-state index in [1.165, 1.54) is 25.7 Å². The molecule has 0 radical (unpaired) electrons. The Balaban J connectivity index is 1.62. The number of likely N-dealkylation sites (tertiary alicyclic amines) is 1. The number of nitrogens with zero attached hydrogens (tertiary/aromatic N) is 1. The van der Waals surface area contributed by atoms with E-state index in [1.54, 1.807) is 0 Å². The Kier molecular flexibility index (Phi) is 2.35. The van der Waals surface area contributed by atoms with Crippen LogP contribution in [0.5, 0.6) is 0 Å². The van der Waals surface area contributed by atoms with Gasteiger partial charge in [0.25, 0.3) is 0 Å². The van der Waals surface area contributed by atoms with Crippen LogP contribution >= 0.6 is 0 Å². The van der Waals surface area contributed by atoms with E-state index in [9.17, 15) is 4.79 Å². The van der Waals surface area contributed by atoms with Gasteiger partial charge in [-0.15, -0.1) is 0 Å². The van der Waals surface area contributed by atoms with Gasteiger partial charge in [0.05, 0.1) is 0 Å². The molecule has 2 aliphatic carbocycles. The van der Waals surface area contributed by atoms with Crippen LogP contribution in [-0.4, -0.2) is 29.8 Å². The molecular weight excluding hydrogens is 186 g/mol. The first-order chi connectivity index (χ1) is 7.27. The van der Waals surface area contributed by atoms with Crippen LogP contribution in [0, 0.1) is 17.8 Å². The molecule has 3 rings (SSSR count). The molecule has 0 aromatic heterocycles. The maximum atomic E-state index is 11.5. The first-order valence-corrected chi connectivity index (χ1v) is 6.54. The minimum absolute atomic E-state index is 0.293. The van der Waals surface area contributed by atoms with Gasteiger partial charge in [0.15, 0.2) is 0 Å². The van der Waals surface area contributed by atoms with Gasteiger partial charge in [-0.1, -0.05) is 19.8 Å². The van der Waals surface area contributed by atoms with Crippen molar-refractivity contribution < 1.29 is 4.79 Å². The van der Waals surface area contributed by atoms with Gasteiger partial charge in [-0.25, -0.2) is 0 Å². The predicted molar refractivity (Wildman–Crippen MR) is 59.6 cm³/mol. The minimum atomic E-state index is 0.293. The number of carbonyl (C=O) groups excluding carboxylic acids is 1. The smallest absolute Gasteiger partial charge is 0.138 e. The summed E-state index contributed by atoms with van der Waals surface area (Å²) in [7, 11) is 0. The lowest BCUT2D eigenvalue weighted by Gasteiger charge is -2.30. The molecule has 1 saturated heterocycles. The predicted octanol–water partition coefficient (Wildman–Crippen LogP) is 2.09. The Bertz CT molecular complexity index is 264. The first kappa shape index (κ1) is 9.83. The van der Waals surface area contributed by atoms with Crippen molar-refractivity contribution in [3.63, 3.8) is 0 Å². The fourth-order valence-electron chi connectivity index (χ4n) is 3.81. The summed E-state index contributed by atoms with van der Waals surface area (Å²) in [5.41, 5.74) is 0. The topological polar surface area (TPSA) is 20.3 Å². The minimum Gasteiger partial charge on any atom is -0.299 e. The number of hydrogen-bond acceptors (Lipinski definition) is 2. The third-order valence-corrected chi connectivity index (χ3v) is 4.74. The van der Waals surface area contributed by atoms with E-state index in [0.717, 1.165) is 37.4 Å². The third kappa shape index (κ3) is 1.63. The Hall–Kier alpha value is -0.370. The molecular formula is C13H21NO. The fraction of sp³-hybridized carbons (Fsp3) is 0.923. The monoisotopic (exact) mass is 207 g/mol. The molecule has 0 N–H and O–H groups in total. The molecule has 1 aliphatic heterocycles. The van der Waals surface area contributed by atoms with Crippen LogP contribution in [0.25, 0.3) is 0 Å². The van der Waals surface area contributed by atoms with Crippen LogP contribution < -0.4 is 0 Å². The zero-order valence-electron chi connectivity index (χ0n) is 9.61. The molecule has 0 spiro atoms. The van der Waals surface area contributed by atoms with Crippen LogP contribution in [-0.2, 0) is 4.79 Å². The highest BCUT2D eigenvalue weighted by Crippen LogP contribution is 2.53. The molecule has 2 nitrogen and oxygen atoms in total. The second-order valence-electron chi connectivity index (χ2n) is 5.72. The lowest BCUT2D eigenvalue weighted by molar-refractivity contribution is -0.125. The van der Waals surface area contributed by atoms with Crippen molar-refractivity contribution in [1.29, 1.82) is 0 Å². The lowest BCUT2D eigenvalue weighted by atomic mass is 9.98. The highest BCUT2D eigenvalue weighted by molar-refractivity contribution is 5.81. The molecule has 1 heterocycles. The van der Waals surface area contributed by atoms with Crippen molar-refractivity contribution >= 4 is 5.78 Å². The number of carbonyl (C=O) groups is 1. The van der Waals surface area contributed by atoms with Gasteiger partial charge in [-0.05, 0) is 24.7 Å². The quantitative estimate of drug-likeness (QED) is 0.656. The highest BCUT2D eigenvalue weighted by atomic mass is 16.1. The van der Waals surface area contributed by atoms with Gasteiger partial charge >= 0.3 is 0 Å². The van der Waals surface area contributed by atoms with Gasteiger partial charge in [0.2, 0.25) is 0 Å². The van der Waals surface area contributed by atoms with E-state index in [4.69, 9.17) is 0 Å². The summed E-state index contributed by atoms with van der Waals surface area (Å²) < 4.78 is 0. The van der Waals surface area contributed by atoms with Crippen LogP contribution in [0.3, 0.4) is 0 Å². The van der Waals surface area contributed by atoms with Crippen molar-refractivity contribution in [3.05, 3.63) is 0 Å². The maximum absolute atomic E-state index is 11.5. The second kappa shape index (κ2) is 3.58. The molecule has 15 heavy (non-hydrogen) atoms. The van der Waals surface area contributed by atoms with Crippen molar-refractivity contribution in [1.82, 2.24) is 4.90 Å². The summed E-state index contributed by atoms with van der Waals surface area (Å²) in [6.07, 6.45) is 6.60. The number of rotatable bonds is 1. The first-order valence-electron chi connectivity index (χ1n) is 6.54. The van der Waals surface area contributed by atoms with E-state index in [1.807, 2.05) is 0 Å². The van der Waals surface area contributed by atoms with Crippen LogP contribution in [0.1, 0.15) is 39.0 Å². The average Bonchev–Trinajstić information content (AvgIpc) is 2.96. The van der Waals surface area contributed by atoms with Crippen LogP contribution in [0.15, 0.2) is 0 Å². The molecule has 3 unspecified atom stereocenters.